The molecule has 0 unspecified atom stereocenters. The highest BCUT2D eigenvalue weighted by Crippen LogP contribution is 2.36. The predicted molar refractivity (Wildman–Crippen MR) is 115 cm³/mol. The number of amides is 1. The normalized spacial score (nSPS) is 13.2. The zero-order valence-corrected chi connectivity index (χ0v) is 18.7. The molecule has 0 aliphatic heterocycles. The Bertz CT molecular complexity index is 842. The number of fused-ring (bicyclic) bond motifs is 1. The van der Waals surface area contributed by atoms with Gasteiger partial charge in [-0.1, -0.05) is 51.1 Å². The second-order valence-corrected chi connectivity index (χ2v) is 13.3. The third-order valence-corrected chi connectivity index (χ3v) is 10.0. The maximum absolute atomic E-state index is 12.7. The Balaban J connectivity index is 2.06. The summed E-state index contributed by atoms with van der Waals surface area (Å²) < 4.78 is 11.0. The molecule has 1 atom stereocenters. The number of carbonyl (C=O) groups excluding carboxylic acids is 2. The highest BCUT2D eigenvalue weighted by Gasteiger charge is 2.37. The Kier molecular flexibility index (Phi) is 7.01. The largest absolute Gasteiger partial charge is 0.467 e. The van der Waals surface area contributed by atoms with Gasteiger partial charge in [-0.25, -0.2) is 4.79 Å². The fraction of sp³-hybridized carbons (Fsp3) is 0.455. The topological polar surface area (TPSA) is 64.6 Å². The van der Waals surface area contributed by atoms with Crippen molar-refractivity contribution in [3.8, 4) is 0 Å². The number of carbonyl (C=O) groups is 2. The summed E-state index contributed by atoms with van der Waals surface area (Å²) in [6, 6.07) is 12.6. The zero-order chi connectivity index (χ0) is 20.9. The van der Waals surface area contributed by atoms with E-state index < -0.39 is 20.3 Å². The molecule has 0 spiro atoms. The number of esters is 1. The number of hydrogen-bond donors (Lipinski definition) is 1. The van der Waals surface area contributed by atoms with Gasteiger partial charge in [-0.3, -0.25) is 4.79 Å². The van der Waals surface area contributed by atoms with Gasteiger partial charge in [-0.05, 0) is 41.0 Å². The van der Waals surface area contributed by atoms with Crippen molar-refractivity contribution in [1.29, 1.82) is 0 Å². The number of methoxy groups -OCH3 is 1. The van der Waals surface area contributed by atoms with Crippen LogP contribution in [0, 0.1) is 0 Å². The second-order valence-electron chi connectivity index (χ2n) is 8.51. The third kappa shape index (κ3) is 5.42. The molecule has 6 heteroatoms. The van der Waals surface area contributed by atoms with E-state index in [0.717, 1.165) is 10.8 Å². The zero-order valence-electron chi connectivity index (χ0n) is 17.7. The molecule has 0 aliphatic carbocycles. The van der Waals surface area contributed by atoms with Crippen LogP contribution in [0.5, 0.6) is 0 Å². The fourth-order valence-corrected chi connectivity index (χ4v) is 3.67. The van der Waals surface area contributed by atoms with E-state index in [9.17, 15) is 9.59 Å². The molecule has 2 aromatic rings. The molecule has 0 aromatic heterocycles. The monoisotopic (exact) mass is 401 g/mol. The van der Waals surface area contributed by atoms with E-state index in [1.807, 2.05) is 36.4 Å². The molecule has 2 rings (SSSR count). The molecule has 0 heterocycles. The summed E-state index contributed by atoms with van der Waals surface area (Å²) in [5.74, 6) is -0.763. The minimum atomic E-state index is -1.92. The van der Waals surface area contributed by atoms with Crippen LogP contribution >= 0.6 is 0 Å². The van der Waals surface area contributed by atoms with Crippen molar-refractivity contribution in [1.82, 2.24) is 5.32 Å². The quantitative estimate of drug-likeness (QED) is 0.547. The summed E-state index contributed by atoms with van der Waals surface area (Å²) in [5, 5.41) is 4.92. The van der Waals surface area contributed by atoms with Crippen LogP contribution in [-0.4, -0.2) is 40.0 Å². The van der Waals surface area contributed by atoms with Gasteiger partial charge in [0.25, 0.3) is 5.91 Å². The first-order valence-corrected chi connectivity index (χ1v) is 12.5. The van der Waals surface area contributed by atoms with Gasteiger partial charge >= 0.3 is 5.97 Å². The summed E-state index contributed by atoms with van der Waals surface area (Å²) in [6.45, 7) is 11.2. The lowest BCUT2D eigenvalue weighted by molar-refractivity contribution is -0.143. The smallest absolute Gasteiger partial charge is 0.328 e. The number of hydrogen-bond acceptors (Lipinski definition) is 4. The molecule has 152 valence electrons. The van der Waals surface area contributed by atoms with Crippen molar-refractivity contribution in [2.75, 3.05) is 13.7 Å². The van der Waals surface area contributed by atoms with Crippen molar-refractivity contribution in [2.24, 2.45) is 0 Å². The molecule has 28 heavy (non-hydrogen) atoms. The maximum atomic E-state index is 12.7. The highest BCUT2D eigenvalue weighted by molar-refractivity contribution is 6.74. The van der Waals surface area contributed by atoms with Crippen molar-refractivity contribution in [3.05, 3.63) is 48.0 Å². The molecule has 1 amide bonds. The van der Waals surface area contributed by atoms with Crippen LogP contribution in [0.25, 0.3) is 10.8 Å². The van der Waals surface area contributed by atoms with Crippen LogP contribution in [0.4, 0.5) is 0 Å². The molecule has 5 nitrogen and oxygen atoms in total. The van der Waals surface area contributed by atoms with E-state index in [1.165, 1.54) is 7.11 Å². The van der Waals surface area contributed by atoms with Crippen molar-refractivity contribution in [2.45, 2.75) is 51.4 Å². The van der Waals surface area contributed by atoms with Gasteiger partial charge in [0.05, 0.1) is 7.11 Å². The number of ether oxygens (including phenoxy) is 1. The second kappa shape index (κ2) is 8.88. The fourth-order valence-electron chi connectivity index (χ4n) is 2.61. The van der Waals surface area contributed by atoms with E-state index in [0.29, 0.717) is 18.6 Å². The van der Waals surface area contributed by atoms with Crippen LogP contribution in [0.15, 0.2) is 42.5 Å². The molecule has 0 saturated heterocycles. The average molecular weight is 402 g/mol. The van der Waals surface area contributed by atoms with Crippen molar-refractivity contribution >= 4 is 31.0 Å². The first kappa shape index (κ1) is 22.1. The first-order valence-electron chi connectivity index (χ1n) is 9.56. The summed E-state index contributed by atoms with van der Waals surface area (Å²) in [7, 11) is -0.590. The highest BCUT2D eigenvalue weighted by atomic mass is 28.4. The summed E-state index contributed by atoms with van der Waals surface area (Å²) in [6.07, 6.45) is 0.374. The van der Waals surface area contributed by atoms with Crippen LogP contribution in [0.1, 0.15) is 37.6 Å². The van der Waals surface area contributed by atoms with Crippen molar-refractivity contribution < 1.29 is 18.8 Å². The first-order chi connectivity index (χ1) is 13.0. The van der Waals surface area contributed by atoms with Gasteiger partial charge in [-0.15, -0.1) is 0 Å². The van der Waals surface area contributed by atoms with Crippen LogP contribution in [0.3, 0.4) is 0 Å². The SMILES string of the molecule is COC(=O)[C@H](CCO[Si](C)(C)C(C)(C)C)NC(=O)c1ccc2ccccc2c1. The van der Waals surface area contributed by atoms with E-state index in [1.54, 1.807) is 6.07 Å². The van der Waals surface area contributed by atoms with Gasteiger partial charge in [0.15, 0.2) is 8.32 Å². The number of rotatable bonds is 7. The Labute approximate surface area is 168 Å². The summed E-state index contributed by atoms with van der Waals surface area (Å²) >= 11 is 0. The molecular weight excluding hydrogens is 370 g/mol. The summed E-state index contributed by atoms with van der Waals surface area (Å²) in [5.41, 5.74) is 0.512. The molecule has 0 fully saturated rings. The van der Waals surface area contributed by atoms with E-state index in [4.69, 9.17) is 9.16 Å². The van der Waals surface area contributed by atoms with Gasteiger partial charge in [0.1, 0.15) is 6.04 Å². The lowest BCUT2D eigenvalue weighted by Crippen LogP contribution is -2.45. The third-order valence-electron chi connectivity index (χ3n) is 5.48. The Morgan fingerprint density at radius 1 is 1.07 bits per heavy atom. The van der Waals surface area contributed by atoms with Gasteiger partial charge in [0.2, 0.25) is 0 Å². The van der Waals surface area contributed by atoms with Gasteiger partial charge in [-0.2, -0.15) is 0 Å². The number of nitrogens with one attached hydrogen (secondary N) is 1. The molecular formula is C22H31NO4Si. The van der Waals surface area contributed by atoms with Crippen LogP contribution in [0.2, 0.25) is 18.1 Å². The molecule has 2 aromatic carbocycles. The van der Waals surface area contributed by atoms with E-state index in [2.05, 4.69) is 39.2 Å². The molecule has 0 saturated carbocycles. The molecule has 0 bridgehead atoms. The lowest BCUT2D eigenvalue weighted by Gasteiger charge is -2.36. The van der Waals surface area contributed by atoms with Crippen LogP contribution < -0.4 is 5.32 Å². The Morgan fingerprint density at radius 2 is 1.71 bits per heavy atom. The van der Waals surface area contributed by atoms with Gasteiger partial charge < -0.3 is 14.5 Å². The molecule has 1 N–H and O–H groups in total. The maximum Gasteiger partial charge on any atom is 0.328 e. The van der Waals surface area contributed by atoms with E-state index >= 15 is 0 Å². The lowest BCUT2D eigenvalue weighted by atomic mass is 10.1. The standard InChI is InChI=1S/C22H31NO4Si/c1-22(2,3)28(5,6)27-14-13-19(21(25)26-4)23-20(24)18-12-11-16-9-7-8-10-17(16)15-18/h7-12,15,19H,13-14H2,1-6H3,(H,23,24)/t19-/m0/s1. The number of benzene rings is 2. The molecule has 0 aliphatic rings. The Hall–Kier alpha value is -2.18. The minimum absolute atomic E-state index is 0.0854. The Morgan fingerprint density at radius 3 is 2.32 bits per heavy atom. The molecule has 0 radical (unpaired) electrons. The van der Waals surface area contributed by atoms with Crippen LogP contribution in [-0.2, 0) is 14.0 Å². The van der Waals surface area contributed by atoms with Gasteiger partial charge in [0, 0.05) is 18.6 Å². The van der Waals surface area contributed by atoms with E-state index in [-0.39, 0.29) is 10.9 Å². The van der Waals surface area contributed by atoms with Crippen molar-refractivity contribution in [3.63, 3.8) is 0 Å². The summed E-state index contributed by atoms with van der Waals surface area (Å²) in [4.78, 5) is 24.8. The minimum Gasteiger partial charge on any atom is -0.467 e. The average Bonchev–Trinajstić information content (AvgIpc) is 2.65. The predicted octanol–water partition coefficient (Wildman–Crippen LogP) is 4.52.